The molecule has 0 aromatic heterocycles. The lowest BCUT2D eigenvalue weighted by Gasteiger charge is -2.01. The van der Waals surface area contributed by atoms with Crippen molar-refractivity contribution in [2.45, 2.75) is 6.92 Å². The van der Waals surface area contributed by atoms with Crippen molar-refractivity contribution in [1.82, 2.24) is 0 Å². The zero-order valence-electron chi connectivity index (χ0n) is 8.80. The Morgan fingerprint density at radius 1 is 1.22 bits per heavy atom. The highest BCUT2D eigenvalue weighted by atomic mass is 32.2. The van der Waals surface area contributed by atoms with Crippen molar-refractivity contribution in [2.24, 2.45) is 0 Å². The highest BCUT2D eigenvalue weighted by Crippen LogP contribution is 2.06. The van der Waals surface area contributed by atoms with Crippen LogP contribution in [0, 0.1) is 34.6 Å². The number of hydrogen-bond donors (Lipinski definition) is 1. The van der Waals surface area contributed by atoms with Gasteiger partial charge in [0.15, 0.2) is 39.3 Å². The molecule has 0 aliphatic rings. The van der Waals surface area contributed by atoms with Gasteiger partial charge in [0.2, 0.25) is 0 Å². The van der Waals surface area contributed by atoms with E-state index in [0.717, 1.165) is 19.1 Å². The van der Waals surface area contributed by atoms with Gasteiger partial charge in [-0.05, 0) is 6.92 Å². The highest BCUT2D eigenvalue weighted by Gasteiger charge is 2.21. The number of rotatable bonds is 1. The molecule has 1 rings (SSSR count). The fraction of sp³-hybridized carbons (Fsp3) is 0.100. The number of nitriles is 1. The maximum absolute atomic E-state index is 13.5. The molecule has 0 saturated carbocycles. The molecule has 0 fully saturated rings. The van der Waals surface area contributed by atoms with E-state index in [1.165, 1.54) is 0 Å². The van der Waals surface area contributed by atoms with Crippen molar-refractivity contribution in [2.75, 3.05) is 0 Å². The Morgan fingerprint density at radius 3 is 1.94 bits per heavy atom. The van der Waals surface area contributed by atoms with Crippen molar-refractivity contribution in [3.63, 3.8) is 0 Å². The molecule has 1 unspecified atom stereocenters. The molecule has 0 radical (unpaired) electrons. The molecule has 18 heavy (non-hydrogen) atoms. The third-order valence-corrected chi connectivity index (χ3v) is 2.73. The van der Waals surface area contributed by atoms with E-state index in [9.17, 15) is 21.8 Å². The second-order valence-electron chi connectivity index (χ2n) is 3.02. The van der Waals surface area contributed by atoms with Gasteiger partial charge in [-0.25, -0.2) is 21.8 Å². The van der Waals surface area contributed by atoms with Gasteiger partial charge in [0.25, 0.3) is 0 Å². The molecule has 0 bridgehead atoms. The minimum Gasteiger partial charge on any atom is -0.302 e. The van der Waals surface area contributed by atoms with Gasteiger partial charge in [0, 0.05) is 5.22 Å². The van der Waals surface area contributed by atoms with Crippen LogP contribution in [0.4, 0.5) is 17.6 Å². The number of nitrogens with zero attached hydrogens (tertiary/aromatic N) is 1. The van der Waals surface area contributed by atoms with E-state index in [-0.39, 0.29) is 0 Å². The Kier molecular flexibility index (Phi) is 4.21. The van der Waals surface area contributed by atoms with Crippen LogP contribution in [0.25, 0.3) is 11.0 Å². The van der Waals surface area contributed by atoms with Gasteiger partial charge in [-0.15, -0.1) is 0 Å². The topological polar surface area (TPSA) is 61.1 Å². The summed E-state index contributed by atoms with van der Waals surface area (Å²) in [6, 6.07) is 1.03. The lowest BCUT2D eigenvalue weighted by Crippen LogP contribution is -2.30. The molecule has 1 atom stereocenters. The SMILES string of the molecule is CC=c1c(F)c(F)c(=C(C#N)S(=O)O)c(F)c1F. The summed E-state index contributed by atoms with van der Waals surface area (Å²) in [4.78, 5) is -1.30. The van der Waals surface area contributed by atoms with E-state index < -0.39 is 49.7 Å². The van der Waals surface area contributed by atoms with Crippen molar-refractivity contribution < 1.29 is 26.3 Å². The van der Waals surface area contributed by atoms with Crippen LogP contribution in [-0.2, 0) is 11.1 Å². The molecule has 0 amide bonds. The normalized spacial score (nSPS) is 11.8. The van der Waals surface area contributed by atoms with E-state index in [2.05, 4.69) is 0 Å². The number of halogens is 4. The monoisotopic (exact) mass is 279 g/mol. The molecular formula is C10H5F4NO2S. The molecule has 0 spiro atoms. The molecule has 0 aliphatic heterocycles. The van der Waals surface area contributed by atoms with Crippen molar-refractivity contribution >= 4 is 22.1 Å². The Hall–Kier alpha value is -1.72. The van der Waals surface area contributed by atoms with Gasteiger partial charge in [-0.3, -0.25) is 0 Å². The predicted octanol–water partition coefficient (Wildman–Crippen LogP) is 0.897. The van der Waals surface area contributed by atoms with E-state index in [1.807, 2.05) is 0 Å². The first-order chi connectivity index (χ1) is 8.36. The lowest BCUT2D eigenvalue weighted by molar-refractivity contribution is 0.435. The fourth-order valence-corrected chi connectivity index (χ4v) is 1.72. The summed E-state index contributed by atoms with van der Waals surface area (Å²) in [6.45, 7) is 1.15. The summed E-state index contributed by atoms with van der Waals surface area (Å²) in [7, 11) is 0. The summed E-state index contributed by atoms with van der Waals surface area (Å²) in [6.07, 6.45) is 0.794. The van der Waals surface area contributed by atoms with Crippen LogP contribution < -0.4 is 10.4 Å². The van der Waals surface area contributed by atoms with E-state index in [1.54, 1.807) is 0 Å². The van der Waals surface area contributed by atoms with Crippen LogP contribution in [0.3, 0.4) is 0 Å². The predicted molar refractivity (Wildman–Crippen MR) is 55.5 cm³/mol. The summed E-state index contributed by atoms with van der Waals surface area (Å²) < 4.78 is 73.0. The minimum absolute atomic E-state index is 0.794. The third kappa shape index (κ3) is 2.14. The van der Waals surface area contributed by atoms with Crippen LogP contribution in [0.5, 0.6) is 0 Å². The smallest absolute Gasteiger partial charge is 0.198 e. The van der Waals surface area contributed by atoms with Crippen LogP contribution >= 0.6 is 0 Å². The molecule has 1 aromatic carbocycles. The summed E-state index contributed by atoms with van der Waals surface area (Å²) in [5, 5.41) is 6.06. The average Bonchev–Trinajstić information content (AvgIpc) is 2.32. The molecular weight excluding hydrogens is 274 g/mol. The summed E-state index contributed by atoms with van der Waals surface area (Å²) >= 11 is -3.07. The largest absolute Gasteiger partial charge is 0.302 e. The lowest BCUT2D eigenvalue weighted by atomic mass is 10.2. The second-order valence-corrected chi connectivity index (χ2v) is 3.93. The van der Waals surface area contributed by atoms with Crippen molar-refractivity contribution in [1.29, 1.82) is 5.26 Å². The zero-order chi connectivity index (χ0) is 14.0. The third-order valence-electron chi connectivity index (χ3n) is 2.09. The maximum atomic E-state index is 13.5. The van der Waals surface area contributed by atoms with Gasteiger partial charge in [0.05, 0.1) is 5.22 Å². The van der Waals surface area contributed by atoms with Gasteiger partial charge < -0.3 is 4.55 Å². The maximum Gasteiger partial charge on any atom is 0.198 e. The van der Waals surface area contributed by atoms with Crippen molar-refractivity contribution in [3.05, 3.63) is 33.7 Å². The number of benzene rings is 1. The van der Waals surface area contributed by atoms with E-state index >= 15 is 0 Å². The van der Waals surface area contributed by atoms with Gasteiger partial charge in [0.1, 0.15) is 6.07 Å². The Labute approximate surface area is 101 Å². The quantitative estimate of drug-likeness (QED) is 0.472. The molecule has 0 aliphatic carbocycles. The molecule has 3 nitrogen and oxygen atoms in total. The fourth-order valence-electron chi connectivity index (χ4n) is 1.28. The number of hydrogen-bond acceptors (Lipinski definition) is 2. The Bertz CT molecular complexity index is 658. The minimum atomic E-state index is -3.07. The van der Waals surface area contributed by atoms with Gasteiger partial charge in [-0.1, -0.05) is 6.08 Å². The molecule has 0 saturated heterocycles. The summed E-state index contributed by atoms with van der Waals surface area (Å²) in [5.41, 5.74) is 0. The first kappa shape index (κ1) is 14.3. The van der Waals surface area contributed by atoms with Crippen LogP contribution in [0.1, 0.15) is 6.92 Å². The van der Waals surface area contributed by atoms with Crippen LogP contribution in [-0.4, -0.2) is 8.76 Å². The second kappa shape index (κ2) is 5.29. The Morgan fingerprint density at radius 2 is 1.67 bits per heavy atom. The molecule has 1 aromatic rings. The Balaban J connectivity index is 4.16. The standard InChI is InChI=1S/C10H5F4NO2S/c1-2-4-7(11)9(13)6(10(14)8(4)12)5(3-15)18(16)17/h2H,1H3,(H,16,17). The molecule has 1 N–H and O–H groups in total. The zero-order valence-corrected chi connectivity index (χ0v) is 9.62. The average molecular weight is 279 g/mol. The van der Waals surface area contributed by atoms with E-state index in [0.29, 0.717) is 0 Å². The molecule has 0 heterocycles. The highest BCUT2D eigenvalue weighted by molar-refractivity contribution is 7.89. The first-order valence-corrected chi connectivity index (χ1v) is 5.51. The van der Waals surface area contributed by atoms with Crippen molar-refractivity contribution in [3.8, 4) is 6.07 Å². The first-order valence-electron chi connectivity index (χ1n) is 4.40. The van der Waals surface area contributed by atoms with Gasteiger partial charge >= 0.3 is 0 Å². The molecule has 96 valence electrons. The van der Waals surface area contributed by atoms with Gasteiger partial charge in [-0.2, -0.15) is 5.26 Å². The van der Waals surface area contributed by atoms with Crippen LogP contribution in [0.15, 0.2) is 0 Å². The van der Waals surface area contributed by atoms with Crippen LogP contribution in [0.2, 0.25) is 0 Å². The van der Waals surface area contributed by atoms with E-state index in [4.69, 9.17) is 9.81 Å². The summed E-state index contributed by atoms with van der Waals surface area (Å²) in [5.74, 6) is -7.24. The molecule has 8 heteroatoms.